The standard InChI is InChI=1S/C18H13BrN4O2/c1-25-18(24)12-4-7-16-15(8-12)20-10-23(16)17-9-14(21-22-17)11-2-5-13(19)6-3-11/h2-10H,1H3,(H,21,22). The minimum atomic E-state index is -0.381. The van der Waals surface area contributed by atoms with Crippen LogP contribution in [0.15, 0.2) is 59.3 Å². The molecule has 0 bridgehead atoms. The fourth-order valence-electron chi connectivity index (χ4n) is 2.65. The summed E-state index contributed by atoms with van der Waals surface area (Å²) >= 11 is 3.43. The second-order valence-electron chi connectivity index (χ2n) is 5.46. The van der Waals surface area contributed by atoms with E-state index in [-0.39, 0.29) is 5.97 Å². The number of esters is 1. The van der Waals surface area contributed by atoms with Crippen molar-refractivity contribution >= 4 is 32.9 Å². The van der Waals surface area contributed by atoms with E-state index in [0.29, 0.717) is 11.1 Å². The van der Waals surface area contributed by atoms with Gasteiger partial charge in [-0.3, -0.25) is 9.67 Å². The lowest BCUT2D eigenvalue weighted by molar-refractivity contribution is 0.0601. The minimum Gasteiger partial charge on any atom is -0.465 e. The Morgan fingerprint density at radius 3 is 2.72 bits per heavy atom. The summed E-state index contributed by atoms with van der Waals surface area (Å²) < 4.78 is 7.64. The molecule has 0 aliphatic heterocycles. The summed E-state index contributed by atoms with van der Waals surface area (Å²) in [5, 5.41) is 7.42. The van der Waals surface area contributed by atoms with Crippen LogP contribution in [0.1, 0.15) is 10.4 Å². The monoisotopic (exact) mass is 396 g/mol. The third-order valence-corrected chi connectivity index (χ3v) is 4.46. The normalized spacial score (nSPS) is 11.0. The fourth-order valence-corrected chi connectivity index (χ4v) is 2.92. The van der Waals surface area contributed by atoms with Gasteiger partial charge in [0.2, 0.25) is 0 Å². The second kappa shape index (κ2) is 6.18. The molecule has 0 aliphatic rings. The van der Waals surface area contributed by atoms with Gasteiger partial charge in [0.05, 0.1) is 29.4 Å². The zero-order valence-electron chi connectivity index (χ0n) is 13.2. The number of carbonyl (C=O) groups is 1. The Kier molecular flexibility index (Phi) is 3.85. The number of aromatic nitrogens is 4. The third kappa shape index (κ3) is 2.83. The summed E-state index contributed by atoms with van der Waals surface area (Å²) in [7, 11) is 1.36. The van der Waals surface area contributed by atoms with Crippen molar-refractivity contribution in [3.05, 3.63) is 64.9 Å². The zero-order chi connectivity index (χ0) is 17.4. The summed E-state index contributed by atoms with van der Waals surface area (Å²) in [4.78, 5) is 16.0. The number of aromatic amines is 1. The minimum absolute atomic E-state index is 0.381. The molecule has 7 heteroatoms. The predicted octanol–water partition coefficient (Wildman–Crippen LogP) is 3.96. The van der Waals surface area contributed by atoms with Gasteiger partial charge in [-0.2, -0.15) is 5.10 Å². The van der Waals surface area contributed by atoms with Crippen molar-refractivity contribution in [1.82, 2.24) is 19.7 Å². The predicted molar refractivity (Wildman–Crippen MR) is 97.7 cm³/mol. The molecule has 2 aromatic carbocycles. The Labute approximate surface area is 151 Å². The van der Waals surface area contributed by atoms with E-state index in [9.17, 15) is 4.79 Å². The molecule has 1 N–H and O–H groups in total. The number of fused-ring (bicyclic) bond motifs is 1. The van der Waals surface area contributed by atoms with E-state index < -0.39 is 0 Å². The number of hydrogen-bond acceptors (Lipinski definition) is 4. The topological polar surface area (TPSA) is 72.8 Å². The number of nitrogens with one attached hydrogen (secondary N) is 1. The molecule has 0 unspecified atom stereocenters. The molecule has 0 radical (unpaired) electrons. The van der Waals surface area contributed by atoms with Crippen LogP contribution in [-0.2, 0) is 4.74 Å². The van der Waals surface area contributed by atoms with Gasteiger partial charge in [-0.15, -0.1) is 0 Å². The summed E-state index contributed by atoms with van der Waals surface area (Å²) in [5.74, 6) is 0.347. The maximum atomic E-state index is 11.6. The summed E-state index contributed by atoms with van der Waals surface area (Å²) in [6.45, 7) is 0. The number of halogens is 1. The molecule has 4 aromatic rings. The number of rotatable bonds is 3. The Bertz CT molecular complexity index is 1070. The van der Waals surface area contributed by atoms with E-state index in [1.165, 1.54) is 7.11 Å². The quantitative estimate of drug-likeness (QED) is 0.531. The molecule has 124 valence electrons. The van der Waals surface area contributed by atoms with Gasteiger partial charge in [0.15, 0.2) is 5.82 Å². The molecule has 25 heavy (non-hydrogen) atoms. The molecule has 0 fully saturated rings. The highest BCUT2D eigenvalue weighted by Gasteiger charge is 2.12. The lowest BCUT2D eigenvalue weighted by atomic mass is 10.1. The number of ether oxygens (including phenoxy) is 1. The Morgan fingerprint density at radius 1 is 1.16 bits per heavy atom. The molecule has 2 heterocycles. The number of imidazole rings is 1. The van der Waals surface area contributed by atoms with Crippen LogP contribution in [0.2, 0.25) is 0 Å². The average molecular weight is 397 g/mol. The number of H-pyrrole nitrogens is 1. The SMILES string of the molecule is COC(=O)c1ccc2c(c1)ncn2-c1cc(-c2ccc(Br)cc2)[nH]n1. The highest BCUT2D eigenvalue weighted by Crippen LogP contribution is 2.24. The molecule has 0 aliphatic carbocycles. The van der Waals surface area contributed by atoms with Crippen LogP contribution < -0.4 is 0 Å². The van der Waals surface area contributed by atoms with E-state index in [1.54, 1.807) is 18.5 Å². The van der Waals surface area contributed by atoms with Crippen LogP contribution in [-0.4, -0.2) is 32.8 Å². The molecule has 4 rings (SSSR count). The van der Waals surface area contributed by atoms with Crippen molar-refractivity contribution in [2.24, 2.45) is 0 Å². The van der Waals surface area contributed by atoms with Gasteiger partial charge >= 0.3 is 5.97 Å². The lowest BCUT2D eigenvalue weighted by Gasteiger charge is -2.01. The van der Waals surface area contributed by atoms with E-state index in [4.69, 9.17) is 4.74 Å². The van der Waals surface area contributed by atoms with Crippen LogP contribution in [0.5, 0.6) is 0 Å². The average Bonchev–Trinajstić information content (AvgIpc) is 3.27. The van der Waals surface area contributed by atoms with Crippen molar-refractivity contribution in [1.29, 1.82) is 0 Å². The van der Waals surface area contributed by atoms with Crippen LogP contribution in [0.25, 0.3) is 28.1 Å². The van der Waals surface area contributed by atoms with Crippen molar-refractivity contribution in [2.45, 2.75) is 0 Å². The van der Waals surface area contributed by atoms with Crippen LogP contribution >= 0.6 is 15.9 Å². The maximum absolute atomic E-state index is 11.6. The molecule has 0 spiro atoms. The molecular formula is C18H13BrN4O2. The Hall–Kier alpha value is -2.93. The molecule has 0 saturated heterocycles. The van der Waals surface area contributed by atoms with E-state index in [0.717, 1.165) is 27.1 Å². The molecule has 6 nitrogen and oxygen atoms in total. The van der Waals surface area contributed by atoms with Crippen molar-refractivity contribution < 1.29 is 9.53 Å². The number of hydrogen-bond donors (Lipinski definition) is 1. The molecular weight excluding hydrogens is 384 g/mol. The van der Waals surface area contributed by atoms with E-state index >= 15 is 0 Å². The highest BCUT2D eigenvalue weighted by atomic mass is 79.9. The molecule has 0 atom stereocenters. The Morgan fingerprint density at radius 2 is 1.96 bits per heavy atom. The maximum Gasteiger partial charge on any atom is 0.337 e. The first-order valence-corrected chi connectivity index (χ1v) is 8.32. The molecule has 0 saturated carbocycles. The van der Waals surface area contributed by atoms with Gasteiger partial charge in [0.25, 0.3) is 0 Å². The van der Waals surface area contributed by atoms with Crippen molar-refractivity contribution in [2.75, 3.05) is 7.11 Å². The number of carbonyl (C=O) groups excluding carboxylic acids is 1. The van der Waals surface area contributed by atoms with Gasteiger partial charge in [0.1, 0.15) is 6.33 Å². The van der Waals surface area contributed by atoms with Crippen molar-refractivity contribution in [3.8, 4) is 17.1 Å². The zero-order valence-corrected chi connectivity index (χ0v) is 14.8. The number of nitrogens with zero attached hydrogens (tertiary/aromatic N) is 3. The first-order chi connectivity index (χ1) is 12.2. The lowest BCUT2D eigenvalue weighted by Crippen LogP contribution is -2.00. The highest BCUT2D eigenvalue weighted by molar-refractivity contribution is 9.10. The summed E-state index contributed by atoms with van der Waals surface area (Å²) in [6.07, 6.45) is 1.69. The van der Waals surface area contributed by atoms with Crippen LogP contribution in [0, 0.1) is 0 Å². The van der Waals surface area contributed by atoms with Gasteiger partial charge < -0.3 is 4.74 Å². The fraction of sp³-hybridized carbons (Fsp3) is 0.0556. The Balaban J connectivity index is 1.73. The largest absolute Gasteiger partial charge is 0.465 e. The smallest absolute Gasteiger partial charge is 0.337 e. The molecule has 2 aromatic heterocycles. The van der Waals surface area contributed by atoms with E-state index in [1.807, 2.05) is 41.0 Å². The van der Waals surface area contributed by atoms with Gasteiger partial charge in [-0.25, -0.2) is 9.78 Å². The van der Waals surface area contributed by atoms with E-state index in [2.05, 4.69) is 31.1 Å². The summed E-state index contributed by atoms with van der Waals surface area (Å²) in [5.41, 5.74) is 3.99. The molecule has 0 amide bonds. The van der Waals surface area contributed by atoms with Gasteiger partial charge in [0, 0.05) is 10.5 Å². The van der Waals surface area contributed by atoms with Crippen LogP contribution in [0.3, 0.4) is 0 Å². The summed E-state index contributed by atoms with van der Waals surface area (Å²) in [6, 6.07) is 15.2. The first-order valence-electron chi connectivity index (χ1n) is 7.53. The van der Waals surface area contributed by atoms with Gasteiger partial charge in [-0.05, 0) is 35.9 Å². The van der Waals surface area contributed by atoms with Crippen molar-refractivity contribution in [3.63, 3.8) is 0 Å². The van der Waals surface area contributed by atoms with Crippen LogP contribution in [0.4, 0.5) is 0 Å². The number of benzene rings is 2. The third-order valence-electron chi connectivity index (χ3n) is 3.93. The second-order valence-corrected chi connectivity index (χ2v) is 6.37. The first kappa shape index (κ1) is 15.6. The number of methoxy groups -OCH3 is 1. The van der Waals surface area contributed by atoms with Gasteiger partial charge in [-0.1, -0.05) is 28.1 Å².